The number of amides is 2. The number of Topliss-reactive ketones (excluding diaryl/α,β-unsaturated/α-hetero) is 1. The maximum atomic E-state index is 13.4. The summed E-state index contributed by atoms with van der Waals surface area (Å²) in [5, 5.41) is 6.69. The van der Waals surface area contributed by atoms with Crippen LogP contribution in [-0.4, -0.2) is 134 Å². The molecule has 2 fully saturated rings. The molecule has 4 aromatic rings. The summed E-state index contributed by atoms with van der Waals surface area (Å²) in [7, 11) is 5.25. The molecule has 2 atom stereocenters. The Hall–Kier alpha value is -6.35. The van der Waals surface area contributed by atoms with Crippen LogP contribution in [0.2, 0.25) is 0 Å². The van der Waals surface area contributed by atoms with E-state index in [-0.39, 0.29) is 29.6 Å². The number of rotatable bonds is 17. The van der Waals surface area contributed by atoms with E-state index in [0.717, 1.165) is 104 Å². The monoisotopic (exact) mass is 902 g/mol. The molecule has 352 valence electrons. The lowest BCUT2D eigenvalue weighted by atomic mass is 9.97. The molecule has 2 N–H and O–H groups in total. The predicted molar refractivity (Wildman–Crippen MR) is 260 cm³/mol. The van der Waals surface area contributed by atoms with Gasteiger partial charge in [-0.2, -0.15) is 0 Å². The molecule has 3 aliphatic heterocycles. The van der Waals surface area contributed by atoms with Crippen LogP contribution in [0.3, 0.4) is 0 Å². The number of ether oxygens (including phenoxy) is 1. The van der Waals surface area contributed by atoms with Gasteiger partial charge in [0.05, 0.1) is 31.0 Å². The lowest BCUT2D eigenvalue weighted by Gasteiger charge is -2.49. The summed E-state index contributed by atoms with van der Waals surface area (Å²) in [6, 6.07) is 15.9. The van der Waals surface area contributed by atoms with Gasteiger partial charge in [-0.1, -0.05) is 26.0 Å². The van der Waals surface area contributed by atoms with Gasteiger partial charge in [-0.3, -0.25) is 24.1 Å². The van der Waals surface area contributed by atoms with Crippen LogP contribution in [-0.2, 0) is 33.8 Å². The Bertz CT molecular complexity index is 2340. The number of carbonyl (C=O) groups excluding carboxylic acids is 5. The molecule has 5 heterocycles. The summed E-state index contributed by atoms with van der Waals surface area (Å²) in [6.45, 7) is 15.7. The fourth-order valence-electron chi connectivity index (χ4n) is 8.87. The van der Waals surface area contributed by atoms with Crippen LogP contribution in [0.5, 0.6) is 5.88 Å². The van der Waals surface area contributed by atoms with Gasteiger partial charge in [-0.25, -0.2) is 9.97 Å². The Kier molecular flexibility index (Phi) is 16.9. The Morgan fingerprint density at radius 1 is 0.939 bits per heavy atom. The van der Waals surface area contributed by atoms with Gasteiger partial charge in [0.1, 0.15) is 23.6 Å². The van der Waals surface area contributed by atoms with Gasteiger partial charge in [0.25, 0.3) is 5.91 Å². The molecule has 0 saturated carbocycles. The van der Waals surface area contributed by atoms with Crippen LogP contribution in [0.25, 0.3) is 0 Å². The van der Waals surface area contributed by atoms with Crippen molar-refractivity contribution in [2.75, 3.05) is 87.5 Å². The van der Waals surface area contributed by atoms with Crippen LogP contribution >= 0.6 is 0 Å². The topological polar surface area (TPSA) is 161 Å². The minimum absolute atomic E-state index is 0.0233. The first-order valence-electron chi connectivity index (χ1n) is 23.2. The number of hydrogen-bond acceptors (Lipinski definition) is 13. The van der Waals surface area contributed by atoms with Crippen molar-refractivity contribution in [3.05, 3.63) is 94.3 Å². The molecule has 66 heavy (non-hydrogen) atoms. The van der Waals surface area contributed by atoms with Gasteiger partial charge >= 0.3 is 0 Å². The average molecular weight is 902 g/mol. The largest absolute Gasteiger partial charge is 0.480 e. The minimum atomic E-state index is -0.218. The maximum absolute atomic E-state index is 13.4. The third-order valence-corrected chi connectivity index (χ3v) is 13.5. The Balaban J connectivity index is 0.00000234. The van der Waals surface area contributed by atoms with E-state index in [1.165, 1.54) is 18.1 Å². The number of benzene rings is 2. The van der Waals surface area contributed by atoms with E-state index in [1.54, 1.807) is 25.1 Å². The number of fused-ring (bicyclic) bond motifs is 1. The molecular formula is C51H67N9O6. The van der Waals surface area contributed by atoms with Crippen molar-refractivity contribution >= 4 is 58.7 Å². The highest BCUT2D eigenvalue weighted by atomic mass is 16.5. The number of nitrogens with zero attached hydrogens (tertiary/aromatic N) is 7. The third-order valence-electron chi connectivity index (χ3n) is 13.5. The first kappa shape index (κ1) is 49.1. The van der Waals surface area contributed by atoms with Crippen molar-refractivity contribution in [1.29, 1.82) is 0 Å². The quantitative estimate of drug-likeness (QED) is 0.109. The third kappa shape index (κ3) is 11.5. The van der Waals surface area contributed by atoms with Crippen LogP contribution in [0.4, 0.5) is 28.6 Å². The molecule has 2 aromatic heterocycles. The van der Waals surface area contributed by atoms with Crippen LogP contribution < -0.4 is 25.2 Å². The SMILES string of the molecule is CC=O.CCC(C)C(=O)CCC(C)N(C)C(=O)c1ccc(N2CC(N3CCN(C(=O)Cc4ccc(Nc5cc6c(cn5)CCN(c5cnc(OC)c(NC)c5C)C6)cc4)CC3)C2)cc1C=O. The van der Waals surface area contributed by atoms with Gasteiger partial charge < -0.3 is 39.8 Å². The Morgan fingerprint density at radius 2 is 1.65 bits per heavy atom. The number of aldehydes is 2. The zero-order valence-electron chi connectivity index (χ0n) is 39.9. The van der Waals surface area contributed by atoms with E-state index in [9.17, 15) is 19.2 Å². The van der Waals surface area contributed by atoms with E-state index >= 15 is 0 Å². The van der Waals surface area contributed by atoms with Crippen molar-refractivity contribution in [2.45, 2.75) is 85.4 Å². The predicted octanol–water partition coefficient (Wildman–Crippen LogP) is 6.59. The van der Waals surface area contributed by atoms with Crippen LogP contribution in [0.15, 0.2) is 60.9 Å². The van der Waals surface area contributed by atoms with Gasteiger partial charge in [0.2, 0.25) is 11.8 Å². The van der Waals surface area contributed by atoms with E-state index in [0.29, 0.717) is 55.4 Å². The zero-order chi connectivity index (χ0) is 47.5. The normalized spacial score (nSPS) is 15.8. The number of ketones is 1. The molecule has 15 nitrogen and oxygen atoms in total. The molecule has 2 unspecified atom stereocenters. The van der Waals surface area contributed by atoms with Crippen molar-refractivity contribution in [3.8, 4) is 5.88 Å². The molecule has 0 bridgehead atoms. The van der Waals surface area contributed by atoms with Crippen molar-refractivity contribution in [1.82, 2.24) is 24.7 Å². The number of nitrogens with one attached hydrogen (secondary N) is 2. The standard InChI is InChI=1S/C49H63N9O5.C2H4O/c1-8-32(2)44(60)16-9-33(3)54(6)49(62)42-15-14-40(24-38(42)31-59)58-29-41(30-58)55-19-21-56(22-20-55)46(61)23-35-10-12-39(13-11-35)53-45-25-37-28-57(18-17-36(37)26-51-45)43-27-52-48(63-7)47(50-5)34(43)4;1-2-3/h10-15,24-27,31-33,41,50H,8-9,16-23,28-30H2,1-7H3,(H,51,53);2H,1H3. The fourth-order valence-corrected chi connectivity index (χ4v) is 8.87. The molecule has 7 rings (SSSR count). The summed E-state index contributed by atoms with van der Waals surface area (Å²) in [4.78, 5) is 80.0. The summed E-state index contributed by atoms with van der Waals surface area (Å²) in [6.07, 6.45) is 8.44. The van der Waals surface area contributed by atoms with E-state index in [1.807, 2.05) is 81.5 Å². The molecule has 3 aliphatic rings. The van der Waals surface area contributed by atoms with Crippen LogP contribution in [0.1, 0.15) is 89.9 Å². The van der Waals surface area contributed by atoms with Gasteiger partial charge in [-0.15, -0.1) is 0 Å². The molecule has 2 amide bonds. The number of pyridine rings is 2. The Morgan fingerprint density at radius 3 is 2.30 bits per heavy atom. The minimum Gasteiger partial charge on any atom is -0.480 e. The van der Waals surface area contributed by atoms with Crippen LogP contribution in [0, 0.1) is 12.8 Å². The number of piperazine rings is 1. The molecule has 2 saturated heterocycles. The lowest BCUT2D eigenvalue weighted by molar-refractivity contribution is -0.132. The fraction of sp³-hybridized carbons (Fsp3) is 0.471. The number of hydrogen-bond donors (Lipinski definition) is 2. The van der Waals surface area contributed by atoms with E-state index in [2.05, 4.69) is 43.3 Å². The van der Waals surface area contributed by atoms with Gasteiger partial charge in [-0.05, 0) is 93.1 Å². The van der Waals surface area contributed by atoms with Gasteiger partial charge in [0, 0.05) is 120 Å². The molecule has 15 heteroatoms. The second-order valence-corrected chi connectivity index (χ2v) is 17.6. The van der Waals surface area contributed by atoms with Crippen molar-refractivity contribution in [2.24, 2.45) is 5.92 Å². The zero-order valence-corrected chi connectivity index (χ0v) is 39.9. The second kappa shape index (κ2) is 22.7. The maximum Gasteiger partial charge on any atom is 0.254 e. The summed E-state index contributed by atoms with van der Waals surface area (Å²) in [5.74, 6) is 1.52. The van der Waals surface area contributed by atoms with Gasteiger partial charge in [0.15, 0.2) is 6.29 Å². The first-order chi connectivity index (χ1) is 31.8. The molecule has 0 radical (unpaired) electrons. The highest BCUT2D eigenvalue weighted by Gasteiger charge is 2.35. The number of methoxy groups -OCH3 is 1. The molecule has 2 aromatic carbocycles. The lowest BCUT2D eigenvalue weighted by Crippen LogP contribution is -2.63. The molecule has 0 spiro atoms. The Labute approximate surface area is 389 Å². The summed E-state index contributed by atoms with van der Waals surface area (Å²) in [5.41, 5.74) is 9.11. The highest BCUT2D eigenvalue weighted by Crippen LogP contribution is 2.35. The highest BCUT2D eigenvalue weighted by molar-refractivity contribution is 6.02. The van der Waals surface area contributed by atoms with E-state index in [4.69, 9.17) is 14.5 Å². The summed E-state index contributed by atoms with van der Waals surface area (Å²) < 4.78 is 5.45. The number of anilines is 5. The van der Waals surface area contributed by atoms with E-state index < -0.39 is 0 Å². The first-order valence-corrected chi connectivity index (χ1v) is 23.2. The number of carbonyl (C=O) groups is 5. The second-order valence-electron chi connectivity index (χ2n) is 17.6. The molecule has 0 aliphatic carbocycles. The molecular weight excluding hydrogens is 835 g/mol. The average Bonchev–Trinajstić information content (AvgIpc) is 3.32. The van der Waals surface area contributed by atoms with Crippen molar-refractivity contribution < 1.29 is 28.7 Å². The summed E-state index contributed by atoms with van der Waals surface area (Å²) >= 11 is 0. The van der Waals surface area contributed by atoms with Crippen molar-refractivity contribution in [3.63, 3.8) is 0 Å². The number of aromatic nitrogens is 2. The smallest absolute Gasteiger partial charge is 0.254 e.